The molecule has 10 heteroatoms. The van der Waals surface area contributed by atoms with E-state index in [1.54, 1.807) is 4.90 Å². The van der Waals surface area contributed by atoms with Crippen LogP contribution in [0.1, 0.15) is 26.7 Å². The van der Waals surface area contributed by atoms with Crippen LogP contribution < -0.4 is 10.9 Å². The quantitative estimate of drug-likeness (QED) is 0.751. The van der Waals surface area contributed by atoms with Crippen molar-refractivity contribution in [1.82, 2.24) is 20.1 Å². The molecule has 2 atom stereocenters. The van der Waals surface area contributed by atoms with Gasteiger partial charge in [-0.3, -0.25) is 10.2 Å². The molecule has 2 saturated heterocycles. The predicted octanol–water partition coefficient (Wildman–Crippen LogP) is 1.08. The normalized spacial score (nSPS) is 24.1. The van der Waals surface area contributed by atoms with Crippen LogP contribution in [0, 0.1) is 17.6 Å². The lowest BCUT2D eigenvalue weighted by atomic mass is 9.99. The maximum atomic E-state index is 13.9. The number of nitrogens with zero attached hydrogens (tertiary/aromatic N) is 2. The SMILES string of the molecule is CC(C)CC1CC(C(=O)N2CCN(S(=O)(=O)c3cc(F)ccc3F)CC2)NN1. The molecule has 2 N–H and O–H groups in total. The van der Waals surface area contributed by atoms with Crippen LogP contribution in [0.15, 0.2) is 23.1 Å². The van der Waals surface area contributed by atoms with Gasteiger partial charge in [0.2, 0.25) is 15.9 Å². The van der Waals surface area contributed by atoms with E-state index in [4.69, 9.17) is 0 Å². The molecular formula is C18H26F2N4O3S. The van der Waals surface area contributed by atoms with Crippen LogP contribution in [-0.4, -0.2) is 61.8 Å². The topological polar surface area (TPSA) is 81.8 Å². The number of hydrazine groups is 1. The summed E-state index contributed by atoms with van der Waals surface area (Å²) in [6.07, 6.45) is 1.64. The summed E-state index contributed by atoms with van der Waals surface area (Å²) in [5.74, 6) is -1.36. The molecule has 156 valence electrons. The first-order valence-electron chi connectivity index (χ1n) is 9.43. The van der Waals surface area contributed by atoms with E-state index in [1.165, 1.54) is 0 Å². The third-order valence-corrected chi connectivity index (χ3v) is 7.01. The van der Waals surface area contributed by atoms with Crippen LogP contribution in [0.4, 0.5) is 8.78 Å². The monoisotopic (exact) mass is 416 g/mol. The number of hydrogen-bond donors (Lipinski definition) is 2. The average Bonchev–Trinajstić information content (AvgIpc) is 3.10. The third kappa shape index (κ3) is 4.51. The summed E-state index contributed by atoms with van der Waals surface area (Å²) >= 11 is 0. The van der Waals surface area contributed by atoms with E-state index in [9.17, 15) is 22.0 Å². The van der Waals surface area contributed by atoms with E-state index >= 15 is 0 Å². The van der Waals surface area contributed by atoms with Crippen molar-refractivity contribution in [1.29, 1.82) is 0 Å². The van der Waals surface area contributed by atoms with Crippen molar-refractivity contribution in [3.05, 3.63) is 29.8 Å². The minimum Gasteiger partial charge on any atom is -0.339 e. The zero-order valence-electron chi connectivity index (χ0n) is 16.0. The summed E-state index contributed by atoms with van der Waals surface area (Å²) in [7, 11) is -4.15. The summed E-state index contributed by atoms with van der Waals surface area (Å²) in [5, 5.41) is 0. The summed E-state index contributed by atoms with van der Waals surface area (Å²) in [4.78, 5) is 13.6. The Morgan fingerprint density at radius 2 is 1.86 bits per heavy atom. The molecule has 1 aromatic rings. The number of piperazine rings is 1. The van der Waals surface area contributed by atoms with Crippen molar-refractivity contribution in [3.63, 3.8) is 0 Å². The zero-order chi connectivity index (χ0) is 20.5. The molecule has 2 aliphatic rings. The fraction of sp³-hybridized carbons (Fsp3) is 0.611. The Morgan fingerprint density at radius 1 is 1.18 bits per heavy atom. The summed E-state index contributed by atoms with van der Waals surface area (Å²) in [5.41, 5.74) is 6.17. The number of amides is 1. The van der Waals surface area contributed by atoms with Crippen molar-refractivity contribution < 1.29 is 22.0 Å². The standard InChI is InChI=1S/C18H26F2N4O3S/c1-12(2)9-14-11-16(22-21-14)18(25)23-5-7-24(8-6-23)28(26,27)17-10-13(19)3-4-15(17)20/h3-4,10,12,14,16,21-22H,5-9,11H2,1-2H3. The molecule has 0 spiro atoms. The smallest absolute Gasteiger partial charge is 0.246 e. The van der Waals surface area contributed by atoms with Crippen molar-refractivity contribution in [2.75, 3.05) is 26.2 Å². The Labute approximate surface area is 164 Å². The molecule has 0 bridgehead atoms. The van der Waals surface area contributed by atoms with Crippen molar-refractivity contribution in [3.8, 4) is 0 Å². The number of sulfonamides is 1. The van der Waals surface area contributed by atoms with E-state index in [2.05, 4.69) is 24.7 Å². The highest BCUT2D eigenvalue weighted by molar-refractivity contribution is 7.89. The number of carbonyl (C=O) groups excluding carboxylic acids is 1. The van der Waals surface area contributed by atoms with Crippen molar-refractivity contribution in [2.45, 2.75) is 43.7 Å². The first-order valence-corrected chi connectivity index (χ1v) is 10.9. The molecule has 2 unspecified atom stereocenters. The summed E-state index contributed by atoms with van der Waals surface area (Å²) in [6.45, 7) is 4.75. The summed E-state index contributed by atoms with van der Waals surface area (Å²) in [6, 6.07) is 2.25. The first kappa shape index (κ1) is 21.1. The number of hydrogen-bond acceptors (Lipinski definition) is 5. The Hall–Kier alpha value is -1.62. The van der Waals surface area contributed by atoms with E-state index in [0.717, 1.165) is 22.9 Å². The number of carbonyl (C=O) groups is 1. The van der Waals surface area contributed by atoms with Gasteiger partial charge in [0, 0.05) is 32.2 Å². The van der Waals surface area contributed by atoms with Gasteiger partial charge >= 0.3 is 0 Å². The van der Waals surface area contributed by atoms with Gasteiger partial charge < -0.3 is 4.90 Å². The Bertz CT molecular complexity index is 826. The van der Waals surface area contributed by atoms with Crippen molar-refractivity contribution >= 4 is 15.9 Å². The molecule has 28 heavy (non-hydrogen) atoms. The van der Waals surface area contributed by atoms with E-state index in [0.29, 0.717) is 18.4 Å². The lowest BCUT2D eigenvalue weighted by Gasteiger charge is -2.35. The van der Waals surface area contributed by atoms with Gasteiger partial charge in [-0.25, -0.2) is 22.6 Å². The largest absolute Gasteiger partial charge is 0.339 e. The second kappa shape index (κ2) is 8.40. The Morgan fingerprint density at radius 3 is 2.50 bits per heavy atom. The van der Waals surface area contributed by atoms with Gasteiger partial charge in [-0.1, -0.05) is 13.8 Å². The predicted molar refractivity (Wildman–Crippen MR) is 99.6 cm³/mol. The van der Waals surface area contributed by atoms with Crippen LogP contribution in [0.25, 0.3) is 0 Å². The van der Waals surface area contributed by atoms with Gasteiger partial charge in [-0.15, -0.1) is 0 Å². The Balaban J connectivity index is 1.60. The molecule has 0 radical (unpaired) electrons. The minimum atomic E-state index is -4.15. The molecule has 2 heterocycles. The summed E-state index contributed by atoms with van der Waals surface area (Å²) < 4.78 is 53.6. The van der Waals surface area contributed by atoms with Gasteiger partial charge in [0.05, 0.1) is 0 Å². The second-order valence-electron chi connectivity index (χ2n) is 7.71. The number of nitrogens with one attached hydrogen (secondary N) is 2. The maximum absolute atomic E-state index is 13.9. The van der Waals surface area contributed by atoms with Crippen LogP contribution in [-0.2, 0) is 14.8 Å². The highest BCUT2D eigenvalue weighted by Gasteiger charge is 2.36. The molecule has 0 saturated carbocycles. The number of benzene rings is 1. The van der Waals surface area contributed by atoms with E-state index < -0.39 is 26.6 Å². The molecule has 2 fully saturated rings. The first-order chi connectivity index (χ1) is 13.2. The van der Waals surface area contributed by atoms with Gasteiger partial charge in [0.25, 0.3) is 0 Å². The number of rotatable bonds is 5. The highest BCUT2D eigenvalue weighted by atomic mass is 32.2. The zero-order valence-corrected chi connectivity index (χ0v) is 16.8. The molecule has 0 aromatic heterocycles. The fourth-order valence-electron chi connectivity index (χ4n) is 3.69. The van der Waals surface area contributed by atoms with Crippen LogP contribution in [0.3, 0.4) is 0 Å². The molecule has 3 rings (SSSR count). The lowest BCUT2D eigenvalue weighted by Crippen LogP contribution is -2.54. The fourth-order valence-corrected chi connectivity index (χ4v) is 5.19. The van der Waals surface area contributed by atoms with Gasteiger partial charge in [-0.2, -0.15) is 4.31 Å². The van der Waals surface area contributed by atoms with Crippen LogP contribution in [0.2, 0.25) is 0 Å². The van der Waals surface area contributed by atoms with Crippen LogP contribution in [0.5, 0.6) is 0 Å². The molecule has 1 amide bonds. The molecule has 0 aliphatic carbocycles. The average molecular weight is 416 g/mol. The third-order valence-electron chi connectivity index (χ3n) is 5.10. The van der Waals surface area contributed by atoms with E-state index in [-0.39, 0.29) is 44.2 Å². The highest BCUT2D eigenvalue weighted by Crippen LogP contribution is 2.22. The molecular weight excluding hydrogens is 390 g/mol. The van der Waals surface area contributed by atoms with Crippen LogP contribution >= 0.6 is 0 Å². The molecule has 1 aromatic carbocycles. The number of halogens is 2. The van der Waals surface area contributed by atoms with Gasteiger partial charge in [0.1, 0.15) is 22.6 Å². The maximum Gasteiger partial charge on any atom is 0.246 e. The second-order valence-corrected chi connectivity index (χ2v) is 9.61. The van der Waals surface area contributed by atoms with Gasteiger partial charge in [-0.05, 0) is 37.0 Å². The van der Waals surface area contributed by atoms with E-state index in [1.807, 2.05) is 0 Å². The minimum absolute atomic E-state index is 0.0413. The molecule has 7 nitrogen and oxygen atoms in total. The Kier molecular flexibility index (Phi) is 6.33. The molecule has 2 aliphatic heterocycles. The lowest BCUT2D eigenvalue weighted by molar-refractivity contribution is -0.134. The van der Waals surface area contributed by atoms with Gasteiger partial charge in [0.15, 0.2) is 0 Å². The van der Waals surface area contributed by atoms with Crippen molar-refractivity contribution in [2.24, 2.45) is 5.92 Å².